The molecule has 0 spiro atoms. The van der Waals surface area contributed by atoms with E-state index in [0.717, 1.165) is 51.4 Å². The lowest BCUT2D eigenvalue weighted by atomic mass is 9.89. The molecule has 0 aliphatic rings. The Morgan fingerprint density at radius 1 is 0.444 bits per heavy atom. The molecule has 0 saturated carbocycles. The summed E-state index contributed by atoms with van der Waals surface area (Å²) in [5, 5.41) is 0. The predicted molar refractivity (Wildman–Crippen MR) is 118 cm³/mol. The van der Waals surface area contributed by atoms with Gasteiger partial charge in [0.1, 0.15) is 11.6 Å². The van der Waals surface area contributed by atoms with Crippen molar-refractivity contribution >= 4 is 11.6 Å². The highest BCUT2D eigenvalue weighted by Gasteiger charge is 2.13. The van der Waals surface area contributed by atoms with Crippen molar-refractivity contribution < 1.29 is 9.59 Å². The monoisotopic (exact) mass is 380 g/mol. The molecule has 0 saturated heterocycles. The number of hydrogen-bond donors (Lipinski definition) is 0. The van der Waals surface area contributed by atoms with Gasteiger partial charge in [-0.1, -0.05) is 86.5 Å². The predicted octanol–water partition coefficient (Wildman–Crippen LogP) is 8.07. The molecule has 0 rings (SSSR count). The van der Waals surface area contributed by atoms with Crippen molar-refractivity contribution in [2.75, 3.05) is 0 Å². The standard InChI is InChI=1S/C25H48O2/c1-24(2,3)20-18-22(26)16-14-12-10-8-7-9-11-13-15-17-23(27)19-21-25(4,5)6/h7-21H2,1-6H3. The van der Waals surface area contributed by atoms with E-state index in [0.29, 0.717) is 11.6 Å². The highest BCUT2D eigenvalue weighted by Crippen LogP contribution is 2.22. The minimum atomic E-state index is 0.273. The van der Waals surface area contributed by atoms with E-state index < -0.39 is 0 Å². The fourth-order valence-electron chi connectivity index (χ4n) is 3.16. The average Bonchev–Trinajstić information content (AvgIpc) is 2.54. The maximum atomic E-state index is 11.8. The topological polar surface area (TPSA) is 34.1 Å². The third-order valence-electron chi connectivity index (χ3n) is 5.22. The molecule has 0 radical (unpaired) electrons. The van der Waals surface area contributed by atoms with Crippen molar-refractivity contribution in [2.45, 2.75) is 138 Å². The fraction of sp³-hybridized carbons (Fsp3) is 0.920. The molecule has 0 heterocycles. The van der Waals surface area contributed by atoms with Gasteiger partial charge in [-0.2, -0.15) is 0 Å². The maximum Gasteiger partial charge on any atom is 0.132 e. The van der Waals surface area contributed by atoms with Gasteiger partial charge in [0.15, 0.2) is 0 Å². The van der Waals surface area contributed by atoms with Crippen LogP contribution < -0.4 is 0 Å². The highest BCUT2D eigenvalue weighted by atomic mass is 16.1. The lowest BCUT2D eigenvalue weighted by Gasteiger charge is -2.16. The summed E-state index contributed by atoms with van der Waals surface area (Å²) < 4.78 is 0. The van der Waals surface area contributed by atoms with Gasteiger partial charge in [-0.25, -0.2) is 0 Å². The van der Waals surface area contributed by atoms with Gasteiger partial charge in [0, 0.05) is 25.7 Å². The first-order valence-electron chi connectivity index (χ1n) is 11.5. The molecule has 0 bridgehead atoms. The first-order chi connectivity index (χ1) is 12.5. The Labute approximate surface area is 170 Å². The number of carbonyl (C=O) groups excluding carboxylic acids is 2. The number of carbonyl (C=O) groups is 2. The Morgan fingerprint density at radius 2 is 0.704 bits per heavy atom. The summed E-state index contributed by atoms with van der Waals surface area (Å²) in [7, 11) is 0. The van der Waals surface area contributed by atoms with Crippen LogP contribution in [0.3, 0.4) is 0 Å². The summed E-state index contributed by atoms with van der Waals surface area (Å²) in [5.41, 5.74) is 0.546. The SMILES string of the molecule is CC(C)(C)CCC(=O)CCCCCCCCCCCC(=O)CCC(C)(C)C. The van der Waals surface area contributed by atoms with Gasteiger partial charge >= 0.3 is 0 Å². The van der Waals surface area contributed by atoms with Crippen LogP contribution in [0.2, 0.25) is 0 Å². The van der Waals surface area contributed by atoms with E-state index >= 15 is 0 Å². The Kier molecular flexibility index (Phi) is 14.0. The van der Waals surface area contributed by atoms with E-state index in [-0.39, 0.29) is 10.8 Å². The van der Waals surface area contributed by atoms with E-state index in [4.69, 9.17) is 0 Å². The molecular weight excluding hydrogens is 332 g/mol. The molecular formula is C25H48O2. The lowest BCUT2D eigenvalue weighted by molar-refractivity contribution is -0.120. The molecule has 0 unspecified atom stereocenters. The highest BCUT2D eigenvalue weighted by molar-refractivity contribution is 5.78. The van der Waals surface area contributed by atoms with Gasteiger partial charge in [-0.15, -0.1) is 0 Å². The molecule has 0 aromatic carbocycles. The van der Waals surface area contributed by atoms with Crippen LogP contribution in [-0.4, -0.2) is 11.6 Å². The van der Waals surface area contributed by atoms with Crippen molar-refractivity contribution in [1.82, 2.24) is 0 Å². The van der Waals surface area contributed by atoms with Crippen LogP contribution in [-0.2, 0) is 9.59 Å². The molecule has 2 heteroatoms. The summed E-state index contributed by atoms with van der Waals surface area (Å²) >= 11 is 0. The first kappa shape index (κ1) is 26.3. The lowest BCUT2D eigenvalue weighted by Crippen LogP contribution is -2.08. The van der Waals surface area contributed by atoms with Crippen molar-refractivity contribution in [3.8, 4) is 0 Å². The minimum absolute atomic E-state index is 0.273. The van der Waals surface area contributed by atoms with Gasteiger partial charge in [0.25, 0.3) is 0 Å². The Hall–Kier alpha value is -0.660. The van der Waals surface area contributed by atoms with Crippen molar-refractivity contribution in [3.63, 3.8) is 0 Å². The molecule has 2 nitrogen and oxygen atoms in total. The van der Waals surface area contributed by atoms with E-state index in [2.05, 4.69) is 41.5 Å². The van der Waals surface area contributed by atoms with Gasteiger partial charge in [0.2, 0.25) is 0 Å². The Morgan fingerprint density at radius 3 is 0.963 bits per heavy atom. The van der Waals surface area contributed by atoms with Crippen LogP contribution in [0.15, 0.2) is 0 Å². The van der Waals surface area contributed by atoms with Crippen LogP contribution in [0.1, 0.15) is 138 Å². The summed E-state index contributed by atoms with van der Waals surface area (Å²) in [6.45, 7) is 13.2. The van der Waals surface area contributed by atoms with Gasteiger partial charge in [-0.3, -0.25) is 9.59 Å². The van der Waals surface area contributed by atoms with Crippen molar-refractivity contribution in [1.29, 1.82) is 0 Å². The third kappa shape index (κ3) is 21.5. The quantitative estimate of drug-likeness (QED) is 0.254. The second kappa shape index (κ2) is 14.4. The number of hydrogen-bond acceptors (Lipinski definition) is 2. The van der Waals surface area contributed by atoms with Crippen molar-refractivity contribution in [3.05, 3.63) is 0 Å². The van der Waals surface area contributed by atoms with E-state index in [1.165, 1.54) is 44.9 Å². The number of Topliss-reactive ketones (excluding diaryl/α,β-unsaturated/α-hetero) is 2. The molecule has 0 amide bonds. The van der Waals surface area contributed by atoms with Crippen molar-refractivity contribution in [2.24, 2.45) is 10.8 Å². The normalized spacial score (nSPS) is 12.4. The van der Waals surface area contributed by atoms with E-state index in [1.807, 2.05) is 0 Å². The van der Waals surface area contributed by atoms with E-state index in [9.17, 15) is 9.59 Å². The molecule has 27 heavy (non-hydrogen) atoms. The summed E-state index contributed by atoms with van der Waals surface area (Å²) in [6, 6.07) is 0. The molecule has 0 aliphatic heterocycles. The van der Waals surface area contributed by atoms with Gasteiger partial charge in [-0.05, 0) is 36.5 Å². The molecule has 0 N–H and O–H groups in total. The summed E-state index contributed by atoms with van der Waals surface area (Å²) in [4.78, 5) is 23.7. The van der Waals surface area contributed by atoms with Crippen LogP contribution >= 0.6 is 0 Å². The molecule has 0 aromatic rings. The zero-order chi connectivity index (χ0) is 20.8. The molecule has 0 aliphatic carbocycles. The second-order valence-electron chi connectivity index (χ2n) is 10.9. The van der Waals surface area contributed by atoms with Crippen LogP contribution in [0.25, 0.3) is 0 Å². The molecule has 0 fully saturated rings. The number of ketones is 2. The summed E-state index contributed by atoms with van der Waals surface area (Å²) in [6.07, 6.45) is 16.0. The van der Waals surface area contributed by atoms with Crippen LogP contribution in [0, 0.1) is 10.8 Å². The maximum absolute atomic E-state index is 11.8. The second-order valence-corrected chi connectivity index (χ2v) is 10.9. The first-order valence-corrected chi connectivity index (χ1v) is 11.5. The van der Waals surface area contributed by atoms with Gasteiger partial charge in [0.05, 0.1) is 0 Å². The Bertz CT molecular complexity index is 358. The largest absolute Gasteiger partial charge is 0.300 e. The number of rotatable bonds is 16. The zero-order valence-electron chi connectivity index (χ0n) is 19.4. The smallest absolute Gasteiger partial charge is 0.132 e. The molecule has 160 valence electrons. The Balaban J connectivity index is 3.34. The molecule has 0 atom stereocenters. The summed E-state index contributed by atoms with van der Waals surface area (Å²) in [5.74, 6) is 0.893. The minimum Gasteiger partial charge on any atom is -0.300 e. The fourth-order valence-corrected chi connectivity index (χ4v) is 3.16. The van der Waals surface area contributed by atoms with Crippen LogP contribution in [0.4, 0.5) is 0 Å². The van der Waals surface area contributed by atoms with Gasteiger partial charge < -0.3 is 0 Å². The number of unbranched alkanes of at least 4 members (excludes halogenated alkanes) is 8. The molecule has 0 aromatic heterocycles. The zero-order valence-corrected chi connectivity index (χ0v) is 19.4. The van der Waals surface area contributed by atoms with E-state index in [1.54, 1.807) is 0 Å². The van der Waals surface area contributed by atoms with Crippen LogP contribution in [0.5, 0.6) is 0 Å². The average molecular weight is 381 g/mol. The third-order valence-corrected chi connectivity index (χ3v) is 5.22.